The molecule has 0 radical (unpaired) electrons. The Bertz CT molecular complexity index is 1160. The number of aryl methyl sites for hydroxylation is 1. The van der Waals surface area contributed by atoms with Crippen molar-refractivity contribution in [2.75, 3.05) is 6.54 Å². The van der Waals surface area contributed by atoms with Crippen LogP contribution < -0.4 is 16.4 Å². The van der Waals surface area contributed by atoms with E-state index < -0.39 is 53.3 Å². The maximum atomic E-state index is 13.7. The maximum Gasteiger partial charge on any atom is 0.471 e. The van der Waals surface area contributed by atoms with Crippen molar-refractivity contribution in [3.63, 3.8) is 0 Å². The number of amides is 4. The van der Waals surface area contributed by atoms with E-state index in [1.54, 1.807) is 27.0 Å². The molecule has 1 aliphatic carbocycles. The zero-order valence-electron chi connectivity index (χ0n) is 22.8. The molecule has 2 aliphatic heterocycles. The Labute approximate surface area is 225 Å². The van der Waals surface area contributed by atoms with E-state index in [0.29, 0.717) is 0 Å². The van der Waals surface area contributed by atoms with Gasteiger partial charge >= 0.3 is 12.1 Å². The summed E-state index contributed by atoms with van der Waals surface area (Å²) in [5, 5.41) is 8.92. The first-order valence-corrected chi connectivity index (χ1v) is 13.2. The largest absolute Gasteiger partial charge is 0.471 e. The summed E-state index contributed by atoms with van der Waals surface area (Å²) in [6.45, 7) is 8.70. The van der Waals surface area contributed by atoms with E-state index in [1.807, 2.05) is 29.9 Å². The third kappa shape index (κ3) is 5.49. The van der Waals surface area contributed by atoms with Gasteiger partial charge in [-0.2, -0.15) is 18.3 Å². The third-order valence-electron chi connectivity index (χ3n) is 8.64. The van der Waals surface area contributed by atoms with Crippen LogP contribution in [0.15, 0.2) is 12.3 Å². The Balaban J connectivity index is 1.55. The molecule has 1 aromatic rings. The van der Waals surface area contributed by atoms with Gasteiger partial charge in [-0.1, -0.05) is 34.6 Å². The number of nitrogens with zero attached hydrogens (tertiary/aromatic N) is 3. The van der Waals surface area contributed by atoms with Crippen LogP contribution in [0.3, 0.4) is 0 Å². The molecule has 13 heteroatoms. The van der Waals surface area contributed by atoms with Gasteiger partial charge in [0.15, 0.2) is 0 Å². The topological polar surface area (TPSA) is 139 Å². The number of hydrogen-bond acceptors (Lipinski definition) is 5. The van der Waals surface area contributed by atoms with Crippen LogP contribution in [0.4, 0.5) is 13.2 Å². The summed E-state index contributed by atoms with van der Waals surface area (Å²) in [4.78, 5) is 52.8. The predicted octanol–water partition coefficient (Wildman–Crippen LogP) is 1.70. The minimum absolute atomic E-state index is 0.0480. The molecule has 3 heterocycles. The molecule has 39 heavy (non-hydrogen) atoms. The van der Waals surface area contributed by atoms with Gasteiger partial charge in [0, 0.05) is 18.4 Å². The lowest BCUT2D eigenvalue weighted by Gasteiger charge is -2.38. The number of nitrogens with one attached hydrogen (secondary N) is 2. The highest BCUT2D eigenvalue weighted by molar-refractivity contribution is 5.96. The maximum absolute atomic E-state index is 13.7. The molecule has 1 saturated heterocycles. The monoisotopic (exact) mass is 554 g/mol. The van der Waals surface area contributed by atoms with Crippen LogP contribution in [0.25, 0.3) is 0 Å². The normalized spacial score (nSPS) is 27.1. The minimum Gasteiger partial charge on any atom is -0.368 e. The molecular weight excluding hydrogens is 517 g/mol. The van der Waals surface area contributed by atoms with E-state index in [-0.39, 0.29) is 36.3 Å². The summed E-state index contributed by atoms with van der Waals surface area (Å²) >= 11 is 0. The second-order valence-corrected chi connectivity index (χ2v) is 12.7. The second kappa shape index (κ2) is 9.81. The highest BCUT2D eigenvalue weighted by Gasteiger charge is 2.70. The molecule has 0 aromatic carbocycles. The Hall–Kier alpha value is -3.12. The number of likely N-dealkylation sites (tertiary alicyclic amines) is 1. The zero-order valence-corrected chi connectivity index (χ0v) is 22.8. The summed E-state index contributed by atoms with van der Waals surface area (Å²) in [7, 11) is 0. The fourth-order valence-electron chi connectivity index (χ4n) is 6.34. The summed E-state index contributed by atoms with van der Waals surface area (Å²) < 4.78 is 41.0. The van der Waals surface area contributed by atoms with Crippen LogP contribution >= 0.6 is 0 Å². The molecule has 10 nitrogen and oxygen atoms in total. The van der Waals surface area contributed by atoms with E-state index in [4.69, 9.17) is 5.73 Å². The number of carbonyl (C=O) groups is 4. The van der Waals surface area contributed by atoms with Gasteiger partial charge in [0.1, 0.15) is 18.1 Å². The first kappa shape index (κ1) is 28.9. The number of rotatable bonds is 7. The molecule has 3 aliphatic rings. The summed E-state index contributed by atoms with van der Waals surface area (Å²) in [5.74, 6) is -4.60. The number of aromatic nitrogens is 2. The summed E-state index contributed by atoms with van der Waals surface area (Å²) in [6, 6.07) is -1.80. The molecule has 2 unspecified atom stereocenters. The van der Waals surface area contributed by atoms with Crippen molar-refractivity contribution in [2.45, 2.75) is 90.6 Å². The zero-order chi connectivity index (χ0) is 29.1. The molecular formula is C26H37F3N6O4. The van der Waals surface area contributed by atoms with E-state index in [2.05, 4.69) is 10.4 Å². The van der Waals surface area contributed by atoms with Gasteiger partial charge in [-0.15, -0.1) is 0 Å². The Morgan fingerprint density at radius 1 is 1.18 bits per heavy atom. The first-order valence-electron chi connectivity index (χ1n) is 13.2. The number of halogens is 3. The molecule has 2 fully saturated rings. The quantitative estimate of drug-likeness (QED) is 0.471. The molecule has 1 aromatic heterocycles. The smallest absolute Gasteiger partial charge is 0.368 e. The van der Waals surface area contributed by atoms with Crippen LogP contribution in [0.1, 0.15) is 65.6 Å². The first-order chi connectivity index (χ1) is 17.9. The Kier molecular flexibility index (Phi) is 7.26. The van der Waals surface area contributed by atoms with Crippen molar-refractivity contribution in [3.05, 3.63) is 18.0 Å². The van der Waals surface area contributed by atoms with E-state index in [0.717, 1.165) is 25.0 Å². The van der Waals surface area contributed by atoms with Crippen LogP contribution in [-0.4, -0.2) is 69.2 Å². The van der Waals surface area contributed by atoms with Gasteiger partial charge in [-0.25, -0.2) is 0 Å². The van der Waals surface area contributed by atoms with Crippen LogP contribution in [0.5, 0.6) is 0 Å². The lowest BCUT2D eigenvalue weighted by molar-refractivity contribution is -0.176. The highest BCUT2D eigenvalue weighted by Crippen LogP contribution is 2.65. The van der Waals surface area contributed by atoms with E-state index >= 15 is 0 Å². The summed E-state index contributed by atoms with van der Waals surface area (Å²) in [6.07, 6.45) is -0.742. The fourth-order valence-corrected chi connectivity index (χ4v) is 6.34. The average Bonchev–Trinajstić information content (AvgIpc) is 3.24. The van der Waals surface area contributed by atoms with Gasteiger partial charge in [0.05, 0.1) is 6.04 Å². The molecule has 1 saturated carbocycles. The molecule has 0 spiro atoms. The van der Waals surface area contributed by atoms with E-state index in [1.165, 1.54) is 4.90 Å². The van der Waals surface area contributed by atoms with Gasteiger partial charge in [-0.3, -0.25) is 23.9 Å². The van der Waals surface area contributed by atoms with Crippen molar-refractivity contribution in [3.8, 4) is 0 Å². The van der Waals surface area contributed by atoms with Crippen molar-refractivity contribution >= 4 is 23.6 Å². The average molecular weight is 555 g/mol. The van der Waals surface area contributed by atoms with Gasteiger partial charge in [0.2, 0.25) is 17.7 Å². The summed E-state index contributed by atoms with van der Waals surface area (Å²) in [5.41, 5.74) is 5.36. The van der Waals surface area contributed by atoms with Crippen LogP contribution in [0, 0.1) is 22.7 Å². The Morgan fingerprint density at radius 2 is 1.85 bits per heavy atom. The number of carbonyl (C=O) groups excluding carboxylic acids is 4. The minimum atomic E-state index is -5.17. The molecule has 0 bridgehead atoms. The SMILES string of the molecule is CC(C)(C)[C@H](NC(=O)C(F)(F)F)C(=O)N1C[C@H]2[C@@H]([C@H]1C(=O)NC(CC1CCCc3ccnn31)C(N)=O)C2(C)C. The number of hydrogen-bond donors (Lipinski definition) is 3. The van der Waals surface area contributed by atoms with E-state index in [9.17, 15) is 32.3 Å². The number of nitrogens with two attached hydrogens (primary N) is 1. The lowest BCUT2D eigenvalue weighted by atomic mass is 9.85. The molecule has 4 N–H and O–H groups in total. The predicted molar refractivity (Wildman–Crippen MR) is 134 cm³/mol. The van der Waals surface area contributed by atoms with Crippen molar-refractivity contribution in [2.24, 2.45) is 28.4 Å². The molecule has 4 rings (SSSR count). The number of alkyl halides is 3. The fraction of sp³-hybridized carbons (Fsp3) is 0.731. The highest BCUT2D eigenvalue weighted by atomic mass is 19.4. The van der Waals surface area contributed by atoms with Crippen molar-refractivity contribution in [1.82, 2.24) is 25.3 Å². The molecule has 216 valence electrons. The van der Waals surface area contributed by atoms with Crippen LogP contribution in [0.2, 0.25) is 0 Å². The number of piperidine rings is 1. The van der Waals surface area contributed by atoms with Gasteiger partial charge in [0.25, 0.3) is 0 Å². The Morgan fingerprint density at radius 3 is 2.44 bits per heavy atom. The third-order valence-corrected chi connectivity index (χ3v) is 8.64. The van der Waals surface area contributed by atoms with Gasteiger partial charge < -0.3 is 21.3 Å². The van der Waals surface area contributed by atoms with Crippen molar-refractivity contribution < 1.29 is 32.3 Å². The van der Waals surface area contributed by atoms with Crippen LogP contribution in [-0.2, 0) is 25.6 Å². The molecule has 4 amide bonds. The van der Waals surface area contributed by atoms with Gasteiger partial charge in [-0.05, 0) is 54.4 Å². The number of primary amides is 1. The van der Waals surface area contributed by atoms with Crippen molar-refractivity contribution in [1.29, 1.82) is 0 Å². The number of fused-ring (bicyclic) bond motifs is 2. The lowest BCUT2D eigenvalue weighted by Crippen LogP contribution is -2.61. The second-order valence-electron chi connectivity index (χ2n) is 12.7. The standard InChI is InChI=1S/C26H37F3N6O4/c1-24(2,3)19(33-23(39)26(27,28)29)22(38)34-12-15-17(25(15,4)5)18(34)21(37)32-16(20(30)36)11-14-8-6-7-13-9-10-31-35(13)14/h9-10,14-19H,6-8,11-12H2,1-5H3,(H2,30,36)(H,32,37)(H,33,39)/t14?,15-,16?,17-,18-,19+/m0/s1. The molecule has 6 atom stereocenters.